The molecular formula is C33H50N8O9. The van der Waals surface area contributed by atoms with Crippen molar-refractivity contribution in [2.24, 2.45) is 11.5 Å². The highest BCUT2D eigenvalue weighted by molar-refractivity contribution is 5.98. The molecule has 0 aliphatic carbocycles. The number of fused-ring (bicyclic) bond motifs is 1. The largest absolute Gasteiger partial charge is 0.481 e. The number of aliphatic hydroxyl groups is 1. The Labute approximate surface area is 290 Å². The molecule has 0 radical (unpaired) electrons. The SMILES string of the molecule is NCCCC[C@@H]1NC(=O)[C@H](Cc2ccccc2)NC(=O)CNC(=O)[C@H](CCCCN)NC(=O)[C@@H]2C[C@@H](O)CN2C(=O)[C@H](CCC(=O)O)NC1=O. The highest BCUT2D eigenvalue weighted by Gasteiger charge is 2.43. The number of benzene rings is 1. The van der Waals surface area contributed by atoms with Crippen molar-refractivity contribution in [1.29, 1.82) is 0 Å². The molecule has 0 bridgehead atoms. The Balaban J connectivity index is 2.02. The number of hydrogen-bond acceptors (Lipinski definition) is 10. The number of carbonyl (C=O) groups is 7. The molecule has 6 atom stereocenters. The minimum atomic E-state index is -1.43. The van der Waals surface area contributed by atoms with Crippen LogP contribution in [0.5, 0.6) is 0 Å². The normalized spacial score (nSPS) is 25.7. The van der Waals surface area contributed by atoms with Gasteiger partial charge in [-0.25, -0.2) is 0 Å². The molecule has 0 unspecified atom stereocenters. The minimum absolute atomic E-state index is 0.0413. The molecule has 1 aromatic carbocycles. The second kappa shape index (κ2) is 20.2. The lowest BCUT2D eigenvalue weighted by molar-refractivity contribution is -0.143. The van der Waals surface area contributed by atoms with E-state index >= 15 is 0 Å². The van der Waals surface area contributed by atoms with Crippen LogP contribution in [0.15, 0.2) is 30.3 Å². The number of nitrogens with one attached hydrogen (secondary N) is 5. The van der Waals surface area contributed by atoms with Crippen LogP contribution >= 0.6 is 0 Å². The van der Waals surface area contributed by atoms with Crippen molar-refractivity contribution in [3.05, 3.63) is 35.9 Å². The zero-order valence-electron chi connectivity index (χ0n) is 28.1. The Hall–Kier alpha value is -4.61. The van der Waals surface area contributed by atoms with E-state index in [1.54, 1.807) is 30.3 Å². The van der Waals surface area contributed by atoms with E-state index in [4.69, 9.17) is 11.5 Å². The molecule has 17 nitrogen and oxygen atoms in total. The molecule has 2 aliphatic rings. The molecule has 6 amide bonds. The molecule has 0 saturated carbocycles. The van der Waals surface area contributed by atoms with E-state index in [1.807, 2.05) is 0 Å². The number of carboxylic acid groups (broad SMARTS) is 1. The van der Waals surface area contributed by atoms with Crippen LogP contribution in [0, 0.1) is 0 Å². The van der Waals surface area contributed by atoms with Crippen molar-refractivity contribution in [3.63, 3.8) is 0 Å². The lowest BCUT2D eigenvalue weighted by Crippen LogP contribution is -2.60. The van der Waals surface area contributed by atoms with Gasteiger partial charge in [0.1, 0.15) is 30.2 Å². The van der Waals surface area contributed by atoms with Crippen molar-refractivity contribution in [1.82, 2.24) is 31.5 Å². The summed E-state index contributed by atoms with van der Waals surface area (Å²) in [7, 11) is 0. The summed E-state index contributed by atoms with van der Waals surface area (Å²) in [6.07, 6.45) is 0.0845. The van der Waals surface area contributed by atoms with Crippen LogP contribution in [0.2, 0.25) is 0 Å². The van der Waals surface area contributed by atoms with Gasteiger partial charge in [-0.15, -0.1) is 0 Å². The summed E-state index contributed by atoms with van der Waals surface area (Å²) in [6, 6.07) is 2.63. The van der Waals surface area contributed by atoms with E-state index in [9.17, 15) is 43.8 Å². The molecule has 2 aliphatic heterocycles. The first-order valence-electron chi connectivity index (χ1n) is 17.1. The number of carboxylic acids is 1. The number of amides is 6. The van der Waals surface area contributed by atoms with Gasteiger partial charge < -0.3 is 53.2 Å². The molecule has 17 heteroatoms. The fourth-order valence-electron chi connectivity index (χ4n) is 5.96. The second-order valence-corrected chi connectivity index (χ2v) is 12.6. The van der Waals surface area contributed by atoms with Gasteiger partial charge >= 0.3 is 5.97 Å². The summed E-state index contributed by atoms with van der Waals surface area (Å²) >= 11 is 0. The molecule has 11 N–H and O–H groups in total. The maximum atomic E-state index is 13.9. The van der Waals surface area contributed by atoms with Gasteiger partial charge in [-0.3, -0.25) is 33.6 Å². The van der Waals surface area contributed by atoms with Crippen molar-refractivity contribution >= 4 is 41.4 Å². The quantitative estimate of drug-likeness (QED) is 0.0960. The standard InChI is InChI=1S/C33H50N8O9/c34-14-6-4-10-22-29(46)36-18-27(43)37-25(16-20-8-2-1-3-9-20)31(48)38-23(11-5-7-15-35)30(47)40-24(12-13-28(44)45)33(50)41-19-21(42)17-26(41)32(49)39-22/h1-3,8-9,21-26,42H,4-7,10-19,34-35H2,(H,36,46)(H,37,43)(H,38,48)(H,39,49)(H,40,47)(H,44,45)/t21-,22+,23+,24+,25+,26+/m1/s1. The van der Waals surface area contributed by atoms with E-state index in [2.05, 4.69) is 26.6 Å². The Bertz CT molecular complexity index is 1350. The molecule has 0 spiro atoms. The zero-order chi connectivity index (χ0) is 36.6. The number of unbranched alkanes of at least 4 members (excludes halogenated alkanes) is 2. The van der Waals surface area contributed by atoms with Crippen LogP contribution in [0.4, 0.5) is 0 Å². The molecule has 50 heavy (non-hydrogen) atoms. The molecule has 276 valence electrons. The molecule has 3 rings (SSSR count). The van der Waals surface area contributed by atoms with Crippen LogP contribution in [0.25, 0.3) is 0 Å². The highest BCUT2D eigenvalue weighted by atomic mass is 16.4. The summed E-state index contributed by atoms with van der Waals surface area (Å²) in [5.41, 5.74) is 12.0. The van der Waals surface area contributed by atoms with Crippen LogP contribution in [0.3, 0.4) is 0 Å². The highest BCUT2D eigenvalue weighted by Crippen LogP contribution is 2.21. The summed E-state index contributed by atoms with van der Waals surface area (Å²) < 4.78 is 0. The minimum Gasteiger partial charge on any atom is -0.481 e. The fourth-order valence-corrected chi connectivity index (χ4v) is 5.96. The molecule has 2 fully saturated rings. The summed E-state index contributed by atoms with van der Waals surface area (Å²) in [5, 5.41) is 32.9. The van der Waals surface area contributed by atoms with Gasteiger partial charge in [0.25, 0.3) is 0 Å². The predicted octanol–water partition coefficient (Wildman–Crippen LogP) is -2.62. The van der Waals surface area contributed by atoms with Gasteiger partial charge in [0.05, 0.1) is 12.6 Å². The molecule has 2 saturated heterocycles. The van der Waals surface area contributed by atoms with Crippen molar-refractivity contribution in [3.8, 4) is 0 Å². The van der Waals surface area contributed by atoms with Gasteiger partial charge in [-0.05, 0) is 63.6 Å². The van der Waals surface area contributed by atoms with Gasteiger partial charge in [-0.1, -0.05) is 30.3 Å². The summed E-state index contributed by atoms with van der Waals surface area (Å²) in [4.78, 5) is 94.0. The first kappa shape index (κ1) is 39.8. The van der Waals surface area contributed by atoms with Crippen LogP contribution in [-0.2, 0) is 40.0 Å². The topological polar surface area (TPSA) is 275 Å². The summed E-state index contributed by atoms with van der Waals surface area (Å²) in [6.45, 7) is -0.156. The first-order chi connectivity index (χ1) is 23.9. The van der Waals surface area contributed by atoms with E-state index in [0.29, 0.717) is 44.3 Å². The van der Waals surface area contributed by atoms with Crippen LogP contribution in [-0.4, -0.2) is 119 Å². The number of nitrogens with two attached hydrogens (primary N) is 2. The van der Waals surface area contributed by atoms with Gasteiger partial charge in [0.2, 0.25) is 35.4 Å². The van der Waals surface area contributed by atoms with Gasteiger partial charge in [0, 0.05) is 25.8 Å². The van der Waals surface area contributed by atoms with Crippen molar-refractivity contribution in [2.45, 2.75) is 101 Å². The van der Waals surface area contributed by atoms with Gasteiger partial charge in [0.15, 0.2) is 0 Å². The number of rotatable bonds is 13. The van der Waals surface area contributed by atoms with E-state index in [1.165, 1.54) is 0 Å². The summed E-state index contributed by atoms with van der Waals surface area (Å²) in [5.74, 6) is -5.64. The van der Waals surface area contributed by atoms with Crippen LogP contribution in [0.1, 0.15) is 63.4 Å². The number of aliphatic hydroxyl groups excluding tert-OH is 1. The van der Waals surface area contributed by atoms with E-state index in [-0.39, 0.29) is 38.6 Å². The average Bonchev–Trinajstić information content (AvgIpc) is 3.49. The maximum Gasteiger partial charge on any atom is 0.303 e. The van der Waals surface area contributed by atoms with Crippen molar-refractivity contribution < 1.29 is 43.8 Å². The van der Waals surface area contributed by atoms with E-state index in [0.717, 1.165) is 4.90 Å². The van der Waals surface area contributed by atoms with E-state index < -0.39 is 90.7 Å². The lowest BCUT2D eigenvalue weighted by Gasteiger charge is -2.31. The number of aliphatic carboxylic acids is 1. The molecule has 1 aromatic rings. The third kappa shape index (κ3) is 12.4. The number of hydrogen-bond donors (Lipinski definition) is 9. The Kier molecular flexibility index (Phi) is 16.1. The number of nitrogens with zero attached hydrogens (tertiary/aromatic N) is 1. The Morgan fingerprint density at radius 3 is 1.94 bits per heavy atom. The Morgan fingerprint density at radius 1 is 0.740 bits per heavy atom. The predicted molar refractivity (Wildman–Crippen MR) is 180 cm³/mol. The van der Waals surface area contributed by atoms with Gasteiger partial charge in [-0.2, -0.15) is 0 Å². The fraction of sp³-hybridized carbons (Fsp3) is 0.606. The third-order valence-electron chi connectivity index (χ3n) is 8.64. The average molecular weight is 703 g/mol. The smallest absolute Gasteiger partial charge is 0.303 e. The lowest BCUT2D eigenvalue weighted by atomic mass is 10.0. The van der Waals surface area contributed by atoms with Crippen LogP contribution < -0.4 is 38.1 Å². The maximum absolute atomic E-state index is 13.9. The first-order valence-corrected chi connectivity index (χ1v) is 17.1. The molecule has 2 heterocycles. The van der Waals surface area contributed by atoms with Crippen molar-refractivity contribution in [2.75, 3.05) is 26.2 Å². The molecular weight excluding hydrogens is 652 g/mol. The second-order valence-electron chi connectivity index (χ2n) is 12.6. The number of carbonyl (C=O) groups excluding carboxylic acids is 6. The monoisotopic (exact) mass is 702 g/mol. The zero-order valence-corrected chi connectivity index (χ0v) is 28.1. The third-order valence-corrected chi connectivity index (χ3v) is 8.64. The molecule has 0 aromatic heterocycles. The Morgan fingerprint density at radius 2 is 1.32 bits per heavy atom.